The molecule has 0 saturated carbocycles. The highest BCUT2D eigenvalue weighted by Gasteiger charge is 2.60. The molecule has 0 aromatic heterocycles. The summed E-state index contributed by atoms with van der Waals surface area (Å²) in [6.07, 6.45) is -0.289. The predicted molar refractivity (Wildman–Crippen MR) is 68.7 cm³/mol. The number of carboxylic acid groups (broad SMARTS) is 3. The molecule has 1 heterocycles. The first-order chi connectivity index (χ1) is 9.53. The largest absolute Gasteiger partial charge is 0.481 e. The summed E-state index contributed by atoms with van der Waals surface area (Å²) in [5, 5.41) is 27.6. The fourth-order valence-corrected chi connectivity index (χ4v) is 2.34. The monoisotopic (exact) mass is 304 g/mol. The predicted octanol–water partition coefficient (Wildman–Crippen LogP) is 0.796. The molecule has 1 aliphatic heterocycles. The van der Waals surface area contributed by atoms with Crippen LogP contribution in [0.15, 0.2) is 0 Å². The van der Waals surface area contributed by atoms with Crippen molar-refractivity contribution in [2.24, 2.45) is 10.8 Å². The first-order valence-electron chi connectivity index (χ1n) is 6.49. The number of rotatable bonds is 6. The highest BCUT2D eigenvalue weighted by atomic mass is 16.7. The first kappa shape index (κ1) is 17.4. The summed E-state index contributed by atoms with van der Waals surface area (Å²) >= 11 is 0. The molecule has 1 saturated heterocycles. The molecule has 8 nitrogen and oxygen atoms in total. The molecular formula is C13H20O8. The number of ether oxygens (including phenoxy) is 2. The van der Waals surface area contributed by atoms with E-state index in [1.807, 2.05) is 0 Å². The molecule has 0 atom stereocenters. The Labute approximate surface area is 121 Å². The molecule has 0 unspecified atom stereocenters. The van der Waals surface area contributed by atoms with Gasteiger partial charge in [-0.05, 0) is 6.42 Å². The van der Waals surface area contributed by atoms with Crippen LogP contribution >= 0.6 is 0 Å². The van der Waals surface area contributed by atoms with Crippen LogP contribution in [-0.2, 0) is 23.9 Å². The van der Waals surface area contributed by atoms with Gasteiger partial charge in [-0.1, -0.05) is 20.8 Å². The fourth-order valence-electron chi connectivity index (χ4n) is 2.34. The molecule has 3 N–H and O–H groups in total. The van der Waals surface area contributed by atoms with Crippen molar-refractivity contribution in [2.45, 2.75) is 39.4 Å². The van der Waals surface area contributed by atoms with Crippen molar-refractivity contribution in [1.82, 2.24) is 0 Å². The second-order valence-electron chi connectivity index (χ2n) is 5.89. The zero-order valence-corrected chi connectivity index (χ0v) is 12.2. The SMILES string of the molecule is CCC1(C(=O)O)COC(C(=O)O)(C(C)(C)CC(=O)O)OC1. The van der Waals surface area contributed by atoms with Gasteiger partial charge in [0.1, 0.15) is 5.41 Å². The Morgan fingerprint density at radius 1 is 1.05 bits per heavy atom. The maximum absolute atomic E-state index is 11.6. The Bertz CT molecular complexity index is 445. The van der Waals surface area contributed by atoms with E-state index >= 15 is 0 Å². The maximum Gasteiger partial charge on any atom is 0.365 e. The lowest BCUT2D eigenvalue weighted by Crippen LogP contribution is -2.63. The summed E-state index contributed by atoms with van der Waals surface area (Å²) in [5.41, 5.74) is -2.69. The van der Waals surface area contributed by atoms with Crippen molar-refractivity contribution in [3.05, 3.63) is 0 Å². The minimum atomic E-state index is -2.18. The van der Waals surface area contributed by atoms with Crippen LogP contribution in [0.4, 0.5) is 0 Å². The van der Waals surface area contributed by atoms with Gasteiger partial charge in [0, 0.05) is 5.41 Å². The average Bonchev–Trinajstić information content (AvgIpc) is 2.36. The topological polar surface area (TPSA) is 130 Å². The molecular weight excluding hydrogens is 284 g/mol. The van der Waals surface area contributed by atoms with Crippen LogP contribution in [0.5, 0.6) is 0 Å². The van der Waals surface area contributed by atoms with Crippen molar-refractivity contribution in [1.29, 1.82) is 0 Å². The van der Waals surface area contributed by atoms with E-state index in [2.05, 4.69) is 0 Å². The molecule has 8 heteroatoms. The van der Waals surface area contributed by atoms with E-state index in [0.717, 1.165) is 0 Å². The number of aliphatic carboxylic acids is 3. The second kappa shape index (κ2) is 5.61. The van der Waals surface area contributed by atoms with Crippen molar-refractivity contribution < 1.29 is 39.2 Å². The second-order valence-corrected chi connectivity index (χ2v) is 5.89. The van der Waals surface area contributed by atoms with Gasteiger partial charge in [-0.2, -0.15) is 0 Å². The Balaban J connectivity index is 3.11. The molecule has 1 rings (SSSR count). The van der Waals surface area contributed by atoms with Gasteiger partial charge in [0.05, 0.1) is 19.6 Å². The van der Waals surface area contributed by atoms with Gasteiger partial charge in [0.15, 0.2) is 0 Å². The Morgan fingerprint density at radius 3 is 1.81 bits per heavy atom. The van der Waals surface area contributed by atoms with Crippen molar-refractivity contribution >= 4 is 17.9 Å². The molecule has 1 aliphatic rings. The van der Waals surface area contributed by atoms with Crippen molar-refractivity contribution in [2.75, 3.05) is 13.2 Å². The van der Waals surface area contributed by atoms with Gasteiger partial charge < -0.3 is 24.8 Å². The zero-order valence-electron chi connectivity index (χ0n) is 12.2. The molecule has 0 bridgehead atoms. The Hall–Kier alpha value is -1.67. The van der Waals surface area contributed by atoms with E-state index in [1.54, 1.807) is 6.92 Å². The van der Waals surface area contributed by atoms with Gasteiger partial charge in [-0.25, -0.2) is 4.79 Å². The number of carbonyl (C=O) groups is 3. The van der Waals surface area contributed by atoms with E-state index in [1.165, 1.54) is 13.8 Å². The van der Waals surface area contributed by atoms with E-state index in [9.17, 15) is 24.6 Å². The highest BCUT2D eigenvalue weighted by Crippen LogP contribution is 2.44. The minimum Gasteiger partial charge on any atom is -0.481 e. The minimum absolute atomic E-state index is 0.206. The Morgan fingerprint density at radius 2 is 1.52 bits per heavy atom. The summed E-state index contributed by atoms with van der Waals surface area (Å²) in [5.74, 6) is -5.98. The van der Waals surface area contributed by atoms with Gasteiger partial charge in [0.25, 0.3) is 5.79 Å². The fraction of sp³-hybridized carbons (Fsp3) is 0.769. The summed E-state index contributed by atoms with van der Waals surface area (Å²) in [6, 6.07) is 0. The lowest BCUT2D eigenvalue weighted by atomic mass is 9.77. The highest BCUT2D eigenvalue weighted by molar-refractivity contribution is 5.80. The van der Waals surface area contributed by atoms with Crippen molar-refractivity contribution in [3.63, 3.8) is 0 Å². The lowest BCUT2D eigenvalue weighted by Gasteiger charge is -2.48. The van der Waals surface area contributed by atoms with E-state index in [-0.39, 0.29) is 19.6 Å². The molecule has 0 aliphatic carbocycles. The van der Waals surface area contributed by atoms with E-state index < -0.39 is 40.9 Å². The molecule has 0 aromatic rings. The summed E-state index contributed by atoms with van der Waals surface area (Å²) in [4.78, 5) is 33.8. The lowest BCUT2D eigenvalue weighted by molar-refractivity contribution is -0.332. The Kier molecular flexibility index (Phi) is 4.64. The smallest absolute Gasteiger partial charge is 0.365 e. The number of hydrogen-bond donors (Lipinski definition) is 3. The van der Waals surface area contributed by atoms with E-state index in [0.29, 0.717) is 0 Å². The zero-order chi connectivity index (χ0) is 16.5. The molecule has 1 fully saturated rings. The van der Waals surface area contributed by atoms with Gasteiger partial charge in [-0.15, -0.1) is 0 Å². The van der Waals surface area contributed by atoms with Crippen LogP contribution in [0.25, 0.3) is 0 Å². The quantitative estimate of drug-likeness (QED) is 0.656. The van der Waals surface area contributed by atoms with Crippen LogP contribution < -0.4 is 0 Å². The van der Waals surface area contributed by atoms with Crippen molar-refractivity contribution in [3.8, 4) is 0 Å². The van der Waals surface area contributed by atoms with Crippen LogP contribution in [0.3, 0.4) is 0 Å². The van der Waals surface area contributed by atoms with Gasteiger partial charge >= 0.3 is 17.9 Å². The van der Waals surface area contributed by atoms with Crippen LogP contribution in [0.2, 0.25) is 0 Å². The molecule has 0 aromatic carbocycles. The molecule has 0 amide bonds. The third kappa shape index (κ3) is 2.86. The number of carboxylic acids is 3. The van der Waals surface area contributed by atoms with Crippen LogP contribution in [0, 0.1) is 10.8 Å². The molecule has 0 radical (unpaired) electrons. The third-order valence-corrected chi connectivity index (χ3v) is 4.00. The summed E-state index contributed by atoms with van der Waals surface area (Å²) < 4.78 is 10.6. The maximum atomic E-state index is 11.6. The van der Waals surface area contributed by atoms with Gasteiger partial charge in [0.2, 0.25) is 0 Å². The van der Waals surface area contributed by atoms with Crippen LogP contribution in [-0.4, -0.2) is 52.2 Å². The van der Waals surface area contributed by atoms with E-state index in [4.69, 9.17) is 14.6 Å². The van der Waals surface area contributed by atoms with Crippen LogP contribution in [0.1, 0.15) is 33.6 Å². The summed E-state index contributed by atoms with van der Waals surface area (Å²) in [7, 11) is 0. The van der Waals surface area contributed by atoms with Gasteiger partial charge in [-0.3, -0.25) is 9.59 Å². The molecule has 0 spiro atoms. The first-order valence-corrected chi connectivity index (χ1v) is 6.49. The summed E-state index contributed by atoms with van der Waals surface area (Å²) in [6.45, 7) is 3.73. The average molecular weight is 304 g/mol. The number of hydrogen-bond acceptors (Lipinski definition) is 5. The normalized spacial score (nSPS) is 29.9. The third-order valence-electron chi connectivity index (χ3n) is 4.00. The molecule has 21 heavy (non-hydrogen) atoms. The standard InChI is InChI=1S/C13H20O8/c1-4-12(9(16)17)6-20-13(10(18)19,21-7-12)11(2,3)5-8(14)15/h4-7H2,1-3H3,(H,14,15)(H,16,17)(H,18,19). The molecule has 120 valence electrons.